The molecule has 2 heterocycles. The van der Waals surface area contributed by atoms with E-state index in [2.05, 4.69) is 15.0 Å². The van der Waals surface area contributed by atoms with Crippen molar-refractivity contribution in [1.82, 2.24) is 19.6 Å². The number of carbonyl (C=O) groups is 2. The summed E-state index contributed by atoms with van der Waals surface area (Å²) in [5, 5.41) is 16.6. The van der Waals surface area contributed by atoms with Crippen LogP contribution in [-0.4, -0.2) is 42.8 Å². The highest BCUT2D eigenvalue weighted by atomic mass is 19.4. The highest BCUT2D eigenvalue weighted by Gasteiger charge is 2.31. The van der Waals surface area contributed by atoms with Crippen LogP contribution in [0.4, 0.5) is 13.2 Å². The lowest BCUT2D eigenvalue weighted by Gasteiger charge is -2.09. The number of carbonyl (C=O) groups excluding carboxylic acids is 1. The summed E-state index contributed by atoms with van der Waals surface area (Å²) in [5.41, 5.74) is 0.213. The van der Waals surface area contributed by atoms with E-state index >= 15 is 0 Å². The molecular weight excluding hydrogens is 457 g/mol. The summed E-state index contributed by atoms with van der Waals surface area (Å²) in [4.78, 5) is 35.1. The first-order valence-corrected chi connectivity index (χ1v) is 10.3. The number of rotatable bonds is 11. The molecule has 1 aromatic carbocycles. The molecule has 0 atom stereocenters. The molecule has 3 rings (SSSR count). The molecule has 1 N–H and O–H groups in total. The number of carboxylic acids is 1. The second-order valence-electron chi connectivity index (χ2n) is 7.44. The summed E-state index contributed by atoms with van der Waals surface area (Å²) in [5.74, 6) is -1.80. The standard InChI is InChI=1S/C22H21F3N4O5/c23-22(24,25)34-17-5-3-4-15(12-17)6-7-19(30)18-14-29(27-26-18)10-2-1-9-28-11-8-16(21(32)33)13-20(28)31/h3-5,8,11-14H,1-2,6-7,9-10H2,(H,32,33). The number of pyridine rings is 1. The van der Waals surface area contributed by atoms with Crippen molar-refractivity contribution in [1.29, 1.82) is 0 Å². The number of alkyl halides is 3. The lowest BCUT2D eigenvalue weighted by atomic mass is 10.1. The molecule has 2 aromatic heterocycles. The van der Waals surface area contributed by atoms with Gasteiger partial charge in [-0.25, -0.2) is 4.79 Å². The maximum atomic E-state index is 12.4. The molecule has 0 spiro atoms. The summed E-state index contributed by atoms with van der Waals surface area (Å²) in [6.45, 7) is 0.857. The zero-order valence-electron chi connectivity index (χ0n) is 17.9. The van der Waals surface area contributed by atoms with Gasteiger partial charge in [-0.1, -0.05) is 17.3 Å². The Morgan fingerprint density at radius 1 is 1.09 bits per heavy atom. The van der Waals surface area contributed by atoms with E-state index < -0.39 is 17.9 Å². The number of halogens is 3. The van der Waals surface area contributed by atoms with Crippen LogP contribution in [0.3, 0.4) is 0 Å². The van der Waals surface area contributed by atoms with Crippen LogP contribution in [-0.2, 0) is 19.5 Å². The van der Waals surface area contributed by atoms with Gasteiger partial charge in [0.2, 0.25) is 0 Å². The van der Waals surface area contributed by atoms with Gasteiger partial charge in [0.15, 0.2) is 5.78 Å². The van der Waals surface area contributed by atoms with Crippen LogP contribution in [0.2, 0.25) is 0 Å². The molecule has 0 fully saturated rings. The van der Waals surface area contributed by atoms with Crippen molar-refractivity contribution in [2.45, 2.75) is 45.1 Å². The Labute approximate surface area is 191 Å². The predicted octanol–water partition coefficient (Wildman–Crippen LogP) is 3.33. The smallest absolute Gasteiger partial charge is 0.478 e. The van der Waals surface area contributed by atoms with Crippen LogP contribution < -0.4 is 10.3 Å². The van der Waals surface area contributed by atoms with E-state index in [9.17, 15) is 27.6 Å². The van der Waals surface area contributed by atoms with E-state index in [4.69, 9.17) is 5.11 Å². The van der Waals surface area contributed by atoms with Gasteiger partial charge in [-0.3, -0.25) is 14.3 Å². The van der Waals surface area contributed by atoms with Gasteiger partial charge in [0.1, 0.15) is 11.4 Å². The van der Waals surface area contributed by atoms with E-state index in [1.807, 2.05) is 0 Å². The molecule has 34 heavy (non-hydrogen) atoms. The third-order valence-corrected chi connectivity index (χ3v) is 4.88. The van der Waals surface area contributed by atoms with Crippen molar-refractivity contribution in [3.05, 3.63) is 76.0 Å². The first-order valence-electron chi connectivity index (χ1n) is 10.3. The second-order valence-corrected chi connectivity index (χ2v) is 7.44. The maximum Gasteiger partial charge on any atom is 0.573 e. The van der Waals surface area contributed by atoms with E-state index in [0.717, 1.165) is 6.07 Å². The first kappa shape index (κ1) is 24.7. The van der Waals surface area contributed by atoms with Crippen LogP contribution in [0.1, 0.15) is 45.7 Å². The Bertz CT molecular complexity index is 1220. The summed E-state index contributed by atoms with van der Waals surface area (Å²) < 4.78 is 43.8. The van der Waals surface area contributed by atoms with Crippen molar-refractivity contribution in [3.63, 3.8) is 0 Å². The average molecular weight is 478 g/mol. The fourth-order valence-electron chi connectivity index (χ4n) is 3.20. The number of aromatic nitrogens is 4. The lowest BCUT2D eigenvalue weighted by Crippen LogP contribution is -2.20. The van der Waals surface area contributed by atoms with Crippen LogP contribution in [0.5, 0.6) is 5.75 Å². The van der Waals surface area contributed by atoms with Crippen molar-refractivity contribution in [2.75, 3.05) is 0 Å². The van der Waals surface area contributed by atoms with Gasteiger partial charge < -0.3 is 14.4 Å². The number of benzene rings is 1. The monoisotopic (exact) mass is 478 g/mol. The SMILES string of the molecule is O=C(O)c1ccn(CCCCn2cc(C(=O)CCc3cccc(OC(F)(F)F)c3)nn2)c(=O)c1. The number of carboxylic acid groups (broad SMARTS) is 1. The van der Waals surface area contributed by atoms with Crippen molar-refractivity contribution >= 4 is 11.8 Å². The Morgan fingerprint density at radius 3 is 2.56 bits per heavy atom. The summed E-state index contributed by atoms with van der Waals surface area (Å²) >= 11 is 0. The van der Waals surface area contributed by atoms with E-state index in [-0.39, 0.29) is 35.6 Å². The quantitative estimate of drug-likeness (QED) is 0.332. The number of aromatic carboxylic acids is 1. The minimum Gasteiger partial charge on any atom is -0.478 e. The maximum absolute atomic E-state index is 12.4. The molecule has 3 aromatic rings. The van der Waals surface area contributed by atoms with Crippen LogP contribution in [0.15, 0.2) is 53.6 Å². The lowest BCUT2D eigenvalue weighted by molar-refractivity contribution is -0.274. The zero-order chi connectivity index (χ0) is 24.7. The molecule has 12 heteroatoms. The van der Waals surface area contributed by atoms with E-state index in [1.165, 1.54) is 45.9 Å². The number of ketones is 1. The molecule has 0 bridgehead atoms. The third kappa shape index (κ3) is 7.29. The predicted molar refractivity (Wildman–Crippen MR) is 113 cm³/mol. The van der Waals surface area contributed by atoms with Gasteiger partial charge in [-0.05, 0) is 43.0 Å². The number of ether oxygens (including phenoxy) is 1. The number of nitrogens with zero attached hydrogens (tertiary/aromatic N) is 4. The molecule has 0 saturated carbocycles. The van der Waals surface area contributed by atoms with Gasteiger partial charge in [0.25, 0.3) is 5.56 Å². The van der Waals surface area contributed by atoms with Crippen LogP contribution >= 0.6 is 0 Å². The van der Waals surface area contributed by atoms with Crippen molar-refractivity contribution < 1.29 is 32.6 Å². The molecule has 180 valence electrons. The molecule has 9 nitrogen and oxygen atoms in total. The highest BCUT2D eigenvalue weighted by Crippen LogP contribution is 2.23. The summed E-state index contributed by atoms with van der Waals surface area (Å²) in [6, 6.07) is 7.87. The Balaban J connectivity index is 1.45. The normalized spacial score (nSPS) is 11.4. The van der Waals surface area contributed by atoms with Crippen molar-refractivity contribution in [2.24, 2.45) is 0 Å². The molecule has 0 radical (unpaired) electrons. The Kier molecular flexibility index (Phi) is 7.82. The number of unbranched alkanes of at least 4 members (excludes halogenated alkanes) is 1. The minimum absolute atomic E-state index is 0.0451. The van der Waals surface area contributed by atoms with E-state index in [0.29, 0.717) is 31.5 Å². The van der Waals surface area contributed by atoms with Gasteiger partial charge in [-0.2, -0.15) is 0 Å². The molecule has 0 unspecified atom stereocenters. The first-order chi connectivity index (χ1) is 16.1. The molecule has 0 aliphatic heterocycles. The molecule has 0 aliphatic carbocycles. The number of hydrogen-bond acceptors (Lipinski definition) is 6. The number of Topliss-reactive ketones (excluding diaryl/α,β-unsaturated/α-hetero) is 1. The Morgan fingerprint density at radius 2 is 1.85 bits per heavy atom. The molecular formula is C22H21F3N4O5. The molecule has 0 aliphatic rings. The second kappa shape index (κ2) is 10.8. The van der Waals surface area contributed by atoms with Crippen LogP contribution in [0, 0.1) is 0 Å². The van der Waals surface area contributed by atoms with Gasteiger partial charge in [0.05, 0.1) is 11.8 Å². The average Bonchev–Trinajstić information content (AvgIpc) is 3.24. The topological polar surface area (TPSA) is 116 Å². The number of hydrogen-bond donors (Lipinski definition) is 1. The van der Waals surface area contributed by atoms with E-state index in [1.54, 1.807) is 6.07 Å². The summed E-state index contributed by atoms with van der Waals surface area (Å²) in [6.07, 6.45) is -0.336. The minimum atomic E-state index is -4.78. The fourth-order valence-corrected chi connectivity index (χ4v) is 3.20. The fraction of sp³-hybridized carbons (Fsp3) is 0.318. The summed E-state index contributed by atoms with van der Waals surface area (Å²) in [7, 11) is 0. The van der Waals surface area contributed by atoms with Crippen LogP contribution in [0.25, 0.3) is 0 Å². The molecule has 0 saturated heterocycles. The Hall–Kier alpha value is -3.96. The van der Waals surface area contributed by atoms with Gasteiger partial charge in [-0.15, -0.1) is 18.3 Å². The molecule has 0 amide bonds. The van der Waals surface area contributed by atoms with Crippen molar-refractivity contribution in [3.8, 4) is 5.75 Å². The highest BCUT2D eigenvalue weighted by molar-refractivity contribution is 5.93. The van der Waals surface area contributed by atoms with Gasteiger partial charge >= 0.3 is 12.3 Å². The van der Waals surface area contributed by atoms with Gasteiger partial charge in [0, 0.05) is 31.8 Å². The number of aryl methyl sites for hydroxylation is 3. The third-order valence-electron chi connectivity index (χ3n) is 4.88. The largest absolute Gasteiger partial charge is 0.573 e. The zero-order valence-corrected chi connectivity index (χ0v) is 17.9.